The largest absolute Gasteiger partial charge is 0.497 e. The van der Waals surface area contributed by atoms with E-state index in [1.807, 2.05) is 30.3 Å². The van der Waals surface area contributed by atoms with Crippen LogP contribution in [0.1, 0.15) is 5.56 Å². The second-order valence-corrected chi connectivity index (χ2v) is 8.33. The van der Waals surface area contributed by atoms with Crippen molar-refractivity contribution in [3.8, 4) is 5.75 Å². The van der Waals surface area contributed by atoms with Gasteiger partial charge in [-0.05, 0) is 48.1 Å². The highest BCUT2D eigenvalue weighted by atomic mass is 35.6. The van der Waals surface area contributed by atoms with E-state index in [0.717, 1.165) is 5.56 Å². The number of carbonyl (C=O) groups is 1. The highest BCUT2D eigenvalue weighted by molar-refractivity contribution is 7.80. The molecule has 2 rings (SSSR count). The molecule has 0 aliphatic heterocycles. The predicted molar refractivity (Wildman–Crippen MR) is 120 cm³/mol. The summed E-state index contributed by atoms with van der Waals surface area (Å²) in [4.78, 5) is 12.2. The molecule has 3 N–H and O–H groups in total. The molecule has 2 aromatic rings. The first-order valence-corrected chi connectivity index (χ1v) is 9.64. The molecule has 0 aliphatic carbocycles. The van der Waals surface area contributed by atoms with Crippen molar-refractivity contribution in [2.45, 2.75) is 9.96 Å². The molecule has 0 saturated carbocycles. The molecule has 0 fully saturated rings. The predicted octanol–water partition coefficient (Wildman–Crippen LogP) is 4.51. The van der Waals surface area contributed by atoms with E-state index in [1.54, 1.807) is 37.5 Å². The Morgan fingerprint density at radius 1 is 1.07 bits per heavy atom. The van der Waals surface area contributed by atoms with Crippen LogP contribution in [0, 0.1) is 0 Å². The Morgan fingerprint density at radius 3 is 2.29 bits per heavy atom. The number of thiocarbonyl (C=S) groups is 1. The van der Waals surface area contributed by atoms with Crippen LogP contribution in [0.2, 0.25) is 0 Å². The summed E-state index contributed by atoms with van der Waals surface area (Å²) in [7, 11) is 1.58. The van der Waals surface area contributed by atoms with Crippen molar-refractivity contribution in [3.05, 3.63) is 66.2 Å². The van der Waals surface area contributed by atoms with E-state index in [-0.39, 0.29) is 5.11 Å². The molecule has 0 unspecified atom stereocenters. The number of benzene rings is 2. The third-order valence-corrected chi connectivity index (χ3v) is 4.34. The summed E-state index contributed by atoms with van der Waals surface area (Å²) < 4.78 is 3.27. The second-order valence-electron chi connectivity index (χ2n) is 5.55. The van der Waals surface area contributed by atoms with E-state index in [1.165, 1.54) is 6.08 Å². The first kappa shape index (κ1) is 22.3. The Bertz CT molecular complexity index is 825. The molecule has 9 heteroatoms. The summed E-state index contributed by atoms with van der Waals surface area (Å²) in [5, 5.41) is 8.49. The average molecular weight is 459 g/mol. The second kappa shape index (κ2) is 10.5. The molecule has 0 spiro atoms. The lowest BCUT2D eigenvalue weighted by molar-refractivity contribution is -0.117. The average Bonchev–Trinajstić information content (AvgIpc) is 2.66. The standard InChI is InChI=1S/C19H18Cl3N3O2S/c1-27-15-10-8-14(9-11-15)23-18(28)25-17(19(20,21)22)24-16(26)12-7-13-5-3-2-4-6-13/h2-12,17H,1H3,(H,24,26)(H2,23,25,28)/b12-7-/t17-/m0/s1. The van der Waals surface area contributed by atoms with Gasteiger partial charge in [0.05, 0.1) is 7.11 Å². The topological polar surface area (TPSA) is 62.4 Å². The van der Waals surface area contributed by atoms with Crippen LogP contribution in [0.3, 0.4) is 0 Å². The van der Waals surface area contributed by atoms with Gasteiger partial charge in [0.25, 0.3) is 0 Å². The Balaban J connectivity index is 1.97. The lowest BCUT2D eigenvalue weighted by Gasteiger charge is -2.27. The molecule has 0 radical (unpaired) electrons. The lowest BCUT2D eigenvalue weighted by Crippen LogP contribution is -2.55. The monoisotopic (exact) mass is 457 g/mol. The van der Waals surface area contributed by atoms with E-state index in [4.69, 9.17) is 51.8 Å². The maximum Gasteiger partial charge on any atom is 0.245 e. The first-order chi connectivity index (χ1) is 13.3. The van der Waals surface area contributed by atoms with E-state index in [9.17, 15) is 4.79 Å². The third-order valence-electron chi connectivity index (χ3n) is 3.46. The molecular formula is C19H18Cl3N3O2S. The van der Waals surface area contributed by atoms with E-state index >= 15 is 0 Å². The summed E-state index contributed by atoms with van der Waals surface area (Å²) in [5.41, 5.74) is 1.57. The van der Waals surface area contributed by atoms with Gasteiger partial charge in [-0.2, -0.15) is 0 Å². The van der Waals surface area contributed by atoms with E-state index in [2.05, 4.69) is 16.0 Å². The molecule has 0 aromatic heterocycles. The number of nitrogens with one attached hydrogen (secondary N) is 3. The van der Waals surface area contributed by atoms with Crippen LogP contribution in [-0.4, -0.2) is 28.1 Å². The zero-order chi connectivity index (χ0) is 20.6. The number of carbonyl (C=O) groups excluding carboxylic acids is 1. The van der Waals surface area contributed by atoms with Crippen molar-refractivity contribution in [1.29, 1.82) is 0 Å². The van der Waals surface area contributed by atoms with E-state index in [0.29, 0.717) is 11.4 Å². The van der Waals surface area contributed by atoms with Crippen molar-refractivity contribution in [3.63, 3.8) is 0 Å². The van der Waals surface area contributed by atoms with Gasteiger partial charge in [-0.25, -0.2) is 0 Å². The van der Waals surface area contributed by atoms with Crippen molar-refractivity contribution in [2.24, 2.45) is 0 Å². The number of alkyl halides is 3. The number of rotatable bonds is 6. The molecule has 2 aromatic carbocycles. The summed E-state index contributed by atoms with van der Waals surface area (Å²) >= 11 is 23.2. The van der Waals surface area contributed by atoms with Gasteiger partial charge in [0.15, 0.2) is 5.11 Å². The minimum absolute atomic E-state index is 0.175. The Hall–Kier alpha value is -1.99. The Labute approximate surface area is 184 Å². The summed E-state index contributed by atoms with van der Waals surface area (Å²) in [6.45, 7) is 0. The summed E-state index contributed by atoms with van der Waals surface area (Å²) in [6, 6.07) is 16.4. The van der Waals surface area contributed by atoms with Gasteiger partial charge in [0.1, 0.15) is 11.9 Å². The van der Waals surface area contributed by atoms with Crippen molar-refractivity contribution in [1.82, 2.24) is 10.6 Å². The molecule has 0 heterocycles. The number of halogens is 3. The Kier molecular flexibility index (Phi) is 8.38. The summed E-state index contributed by atoms with van der Waals surface area (Å²) in [6.07, 6.45) is 1.95. The maximum absolute atomic E-state index is 12.2. The van der Waals surface area contributed by atoms with Crippen LogP contribution >= 0.6 is 47.0 Å². The van der Waals surface area contributed by atoms with Gasteiger partial charge >= 0.3 is 0 Å². The highest BCUT2D eigenvalue weighted by Crippen LogP contribution is 2.29. The van der Waals surface area contributed by atoms with Crippen LogP contribution in [0.5, 0.6) is 5.75 Å². The zero-order valence-corrected chi connectivity index (χ0v) is 17.9. The molecule has 5 nitrogen and oxygen atoms in total. The van der Waals surface area contributed by atoms with Crippen LogP contribution in [0.4, 0.5) is 5.69 Å². The molecular weight excluding hydrogens is 441 g/mol. The SMILES string of the molecule is COc1ccc(NC(=S)N[C@H](NC(=O)/C=C\c2ccccc2)C(Cl)(Cl)Cl)cc1. The zero-order valence-electron chi connectivity index (χ0n) is 14.8. The molecule has 0 aliphatic rings. The number of methoxy groups -OCH3 is 1. The third kappa shape index (κ3) is 7.56. The minimum Gasteiger partial charge on any atom is -0.497 e. The van der Waals surface area contributed by atoms with Crippen molar-refractivity contribution < 1.29 is 9.53 Å². The van der Waals surface area contributed by atoms with Crippen LogP contribution < -0.4 is 20.7 Å². The summed E-state index contributed by atoms with van der Waals surface area (Å²) in [5.74, 6) is 0.265. The fraction of sp³-hybridized carbons (Fsp3) is 0.158. The van der Waals surface area contributed by atoms with E-state index < -0.39 is 15.9 Å². The quantitative estimate of drug-likeness (QED) is 0.257. The number of hydrogen-bond donors (Lipinski definition) is 3. The fourth-order valence-electron chi connectivity index (χ4n) is 2.10. The van der Waals surface area contributed by atoms with Crippen LogP contribution in [0.25, 0.3) is 6.08 Å². The Morgan fingerprint density at radius 2 is 1.71 bits per heavy atom. The number of amides is 1. The van der Waals surface area contributed by atoms with Gasteiger partial charge in [-0.15, -0.1) is 0 Å². The lowest BCUT2D eigenvalue weighted by atomic mass is 10.2. The first-order valence-electron chi connectivity index (χ1n) is 8.10. The molecule has 0 saturated heterocycles. The van der Waals surface area contributed by atoms with Gasteiger partial charge in [0, 0.05) is 11.8 Å². The van der Waals surface area contributed by atoms with Gasteiger partial charge in [0.2, 0.25) is 9.70 Å². The van der Waals surface area contributed by atoms with Gasteiger partial charge < -0.3 is 20.7 Å². The normalized spacial score (nSPS) is 12.3. The molecule has 1 amide bonds. The smallest absolute Gasteiger partial charge is 0.245 e. The number of ether oxygens (including phenoxy) is 1. The molecule has 148 valence electrons. The molecule has 0 bridgehead atoms. The minimum atomic E-state index is -1.83. The molecule has 28 heavy (non-hydrogen) atoms. The maximum atomic E-state index is 12.2. The highest BCUT2D eigenvalue weighted by Gasteiger charge is 2.34. The fourth-order valence-corrected chi connectivity index (χ4v) is 2.66. The van der Waals surface area contributed by atoms with Crippen LogP contribution in [-0.2, 0) is 4.79 Å². The number of hydrogen-bond acceptors (Lipinski definition) is 3. The van der Waals surface area contributed by atoms with Gasteiger partial charge in [-0.1, -0.05) is 65.1 Å². The van der Waals surface area contributed by atoms with Crippen LogP contribution in [0.15, 0.2) is 60.7 Å². The van der Waals surface area contributed by atoms with Crippen molar-refractivity contribution >= 4 is 69.8 Å². The molecule has 1 atom stereocenters. The number of anilines is 1. The van der Waals surface area contributed by atoms with Crippen molar-refractivity contribution in [2.75, 3.05) is 12.4 Å². The van der Waals surface area contributed by atoms with Gasteiger partial charge in [-0.3, -0.25) is 4.79 Å².